The number of aliphatic hydroxyl groups excluding tert-OH is 5. The van der Waals surface area contributed by atoms with Crippen LogP contribution in [0.15, 0.2) is 9.98 Å². The van der Waals surface area contributed by atoms with E-state index in [9.17, 15) is 50.4 Å². The lowest BCUT2D eigenvalue weighted by atomic mass is 9.53. The predicted octanol–water partition coefficient (Wildman–Crippen LogP) is -5.78. The maximum atomic E-state index is 13.9. The number of halogens is 2. The Hall–Kier alpha value is 1.14. The SMILES string of the molecule is II.[B]C1CC(OP([O-])(=S)OCC)C(COP([O-])(=S)OC2CC([B])OC2COP([O-])(=S)OC2CC([B]CC(C)(C)C3(O)C(C)OC(OC4CC(O)(N=C(N)N)C(N=C(N)N)C(O)C4O)C3OC3OC(CO)C(O)C(O)C3NC)OC2COC)O1. The molecule has 5 aliphatic heterocycles. The van der Waals surface area contributed by atoms with Crippen molar-refractivity contribution in [3.8, 4) is 0 Å². The standard InChI is InChI=1S/C42H78B3N7O24P3S3.I2/c1-7-64-77(60,80)74-18-8-26(43)68-24(18)14-65-78(61,81)75-19-9-27(44)69-25(19)15-66-79(62,82)76-20-10-28(70-23(20)13-63-6)45-16-40(3,4)42(59)17(2)67-37(35(42)73-36-29(50-5)32(56)31(55)22(12-53)72-36)71-21-11-41(58,52-39(48)49)34(51-38(46)47)33(57)30(21)54;1-2/h17-37,50,53-59H,7-16H2,1-6H3,(H,60,80)(H,61,81)(H,62,82)(H4,46,47,51)(H4,48,49,52);/p-3. The molecule has 84 heavy (non-hydrogen) atoms. The van der Waals surface area contributed by atoms with Gasteiger partial charge in [-0.1, -0.05) is 55.6 Å². The van der Waals surface area contributed by atoms with Crippen molar-refractivity contribution in [3.63, 3.8) is 0 Å². The maximum absolute atomic E-state index is 13.9. The van der Waals surface area contributed by atoms with Gasteiger partial charge in [-0.05, 0) is 45.6 Å². The van der Waals surface area contributed by atoms with Crippen molar-refractivity contribution in [2.45, 2.75) is 199 Å². The van der Waals surface area contributed by atoms with Crippen LogP contribution in [0.3, 0.4) is 0 Å². The van der Waals surface area contributed by atoms with Gasteiger partial charge in [0.25, 0.3) is 0 Å². The third-order valence-corrected chi connectivity index (χ3v) is 19.8. The number of rotatable bonds is 28. The van der Waals surface area contributed by atoms with Gasteiger partial charge in [0.1, 0.15) is 110 Å². The average Bonchev–Trinajstić information content (AvgIpc) is 1.68. The maximum Gasteiger partial charge on any atom is 0.188 e. The van der Waals surface area contributed by atoms with Crippen molar-refractivity contribution < 1.29 is 115 Å². The lowest BCUT2D eigenvalue weighted by molar-refractivity contribution is -0.321. The number of hydrogen-bond acceptors (Lipinski definition) is 30. The summed E-state index contributed by atoms with van der Waals surface area (Å²) < 4.78 is 81.1. The molecule has 6 rings (SSSR count). The van der Waals surface area contributed by atoms with E-state index in [1.807, 2.05) is 0 Å². The van der Waals surface area contributed by atoms with Crippen LogP contribution in [0.2, 0.25) is 6.32 Å². The van der Waals surface area contributed by atoms with Crippen molar-refractivity contribution in [3.05, 3.63) is 0 Å². The molecule has 0 aromatic heterocycles. The molecule has 26 unspecified atom stereocenters. The van der Waals surface area contributed by atoms with Crippen molar-refractivity contribution in [2.24, 2.45) is 38.3 Å². The highest BCUT2D eigenvalue weighted by atomic mass is 128. The molecule has 6 fully saturated rings. The minimum absolute atomic E-state index is 0.0170. The van der Waals surface area contributed by atoms with Crippen LogP contribution in [0.5, 0.6) is 0 Å². The zero-order valence-corrected chi connectivity index (χ0v) is 56.0. The molecule has 6 aliphatic rings. The second kappa shape index (κ2) is 32.3. The van der Waals surface area contributed by atoms with Crippen molar-refractivity contribution in [2.75, 3.05) is 47.2 Å². The quantitative estimate of drug-likeness (QED) is 0.0114. The Balaban J connectivity index is 0.00000638. The van der Waals surface area contributed by atoms with E-state index in [1.165, 1.54) is 21.1 Å². The van der Waals surface area contributed by atoms with E-state index in [2.05, 4.69) is 52.5 Å². The molecule has 1 saturated carbocycles. The number of nitrogens with one attached hydrogen (secondary N) is 1. The second-order valence-electron chi connectivity index (χ2n) is 21.2. The van der Waals surface area contributed by atoms with Crippen LogP contribution >= 0.6 is 57.4 Å². The fraction of sp³-hybridized carbons (Fsp3) is 0.952. The average molecular weight is 1540 g/mol. The van der Waals surface area contributed by atoms with E-state index in [-0.39, 0.29) is 38.8 Å². The van der Waals surface area contributed by atoms with Crippen LogP contribution in [0.1, 0.15) is 53.4 Å². The number of ether oxygens (including phenoxy) is 8. The zero-order valence-electron chi connectivity index (χ0n) is 46.5. The minimum Gasteiger partial charge on any atom is -0.780 e. The summed E-state index contributed by atoms with van der Waals surface area (Å²) in [6, 6.07) is -5.50. The number of aliphatic imine (C=N–C) groups is 2. The summed E-state index contributed by atoms with van der Waals surface area (Å²) >= 11 is 19.6. The van der Waals surface area contributed by atoms with E-state index in [0.29, 0.717) is 0 Å². The molecule has 42 heteroatoms. The molecule has 0 amide bonds. The topological polar surface area (TPSA) is 481 Å². The second-order valence-corrected chi connectivity index (χ2v) is 29.3. The van der Waals surface area contributed by atoms with E-state index >= 15 is 0 Å². The molecule has 5 radical (unpaired) electrons. The van der Waals surface area contributed by atoms with Crippen LogP contribution in [0.25, 0.3) is 0 Å². The summed E-state index contributed by atoms with van der Waals surface area (Å²) in [6.07, 6.45) is -22.8. The van der Waals surface area contributed by atoms with Crippen LogP contribution in [0.4, 0.5) is 0 Å². The van der Waals surface area contributed by atoms with Gasteiger partial charge in [-0.15, -0.1) is 0 Å². The van der Waals surface area contributed by atoms with Gasteiger partial charge < -0.3 is 144 Å². The van der Waals surface area contributed by atoms with Crippen LogP contribution in [0, 0.1) is 5.41 Å². The highest BCUT2D eigenvalue weighted by Gasteiger charge is 2.65. The van der Waals surface area contributed by atoms with E-state index in [1.54, 1.807) is 28.1 Å². The summed E-state index contributed by atoms with van der Waals surface area (Å²) in [6.45, 7) is -8.08. The predicted molar refractivity (Wildman–Crippen MR) is 323 cm³/mol. The number of nitrogens with two attached hydrogens (primary N) is 4. The van der Waals surface area contributed by atoms with Crippen LogP contribution < -0.4 is 42.9 Å². The first-order valence-corrected chi connectivity index (χ1v) is 40.2. The van der Waals surface area contributed by atoms with E-state index < -0.39 is 203 Å². The monoisotopic (exact) mass is 1540 g/mol. The molecule has 0 spiro atoms. The molecule has 26 atom stereocenters. The smallest absolute Gasteiger partial charge is 0.188 e. The summed E-state index contributed by atoms with van der Waals surface area (Å²) in [5.41, 5.74) is 16.5. The summed E-state index contributed by atoms with van der Waals surface area (Å²) in [4.78, 5) is 47.6. The van der Waals surface area contributed by atoms with E-state index in [4.69, 9.17) is 139 Å². The molecular weight excluding hydrogens is 1460 g/mol. The molecule has 0 bridgehead atoms. The Kier molecular flexibility index (Phi) is 29.2. The summed E-state index contributed by atoms with van der Waals surface area (Å²) in [5.74, 6) is -1.22. The number of aliphatic hydroxyl groups is 7. The first-order chi connectivity index (χ1) is 39.1. The van der Waals surface area contributed by atoms with Gasteiger partial charge in [0.05, 0.1) is 69.6 Å². The molecule has 481 valence electrons. The number of nitrogens with zero attached hydrogens (tertiary/aromatic N) is 2. The fourth-order valence-corrected chi connectivity index (χ4v) is 15.4. The normalized spacial score (nSPS) is 42.0. The summed E-state index contributed by atoms with van der Waals surface area (Å²) in [7, 11) is 16.5. The number of likely N-dealkylation sites (N-methyl/N-ethyl adjacent to an activating group) is 1. The first-order valence-electron chi connectivity index (χ1n) is 26.2. The van der Waals surface area contributed by atoms with Gasteiger partial charge >= 0.3 is 0 Å². The Labute approximate surface area is 529 Å². The van der Waals surface area contributed by atoms with Gasteiger partial charge in [-0.2, -0.15) is 0 Å². The van der Waals surface area contributed by atoms with Crippen molar-refractivity contribution in [1.29, 1.82) is 0 Å². The van der Waals surface area contributed by atoms with Crippen LogP contribution in [-0.2, 0) is 100 Å². The van der Waals surface area contributed by atoms with Crippen LogP contribution in [-0.4, -0.2) is 257 Å². The largest absolute Gasteiger partial charge is 0.780 e. The molecule has 1 aliphatic carbocycles. The molecule has 5 heterocycles. The number of guanidine groups is 2. The highest BCUT2D eigenvalue weighted by molar-refractivity contribution is 15.0. The Morgan fingerprint density at radius 2 is 1.26 bits per heavy atom. The Bertz CT molecular complexity index is 2340. The highest BCUT2D eigenvalue weighted by Crippen LogP contribution is 2.52. The van der Waals surface area contributed by atoms with Crippen molar-refractivity contribution >= 4 is 128 Å². The molecule has 5 saturated heterocycles. The number of hydrogen-bond donors (Lipinski definition) is 12. The number of methoxy groups -OCH3 is 1. The molecule has 31 nitrogen and oxygen atoms in total. The first kappa shape index (κ1) is 75.9. The van der Waals surface area contributed by atoms with E-state index in [0.717, 1.165) is 0 Å². The molecule has 0 aromatic rings. The molecule has 16 N–H and O–H groups in total. The third-order valence-electron chi connectivity index (χ3n) is 15.0. The minimum atomic E-state index is -4.43. The lowest BCUT2D eigenvalue weighted by Gasteiger charge is -2.49. The van der Waals surface area contributed by atoms with Gasteiger partial charge in [0.2, 0.25) is 0 Å². The third kappa shape index (κ3) is 19.4. The molecule has 0 aromatic carbocycles. The Morgan fingerprint density at radius 1 is 0.738 bits per heavy atom. The lowest BCUT2D eigenvalue weighted by Crippen LogP contribution is -2.67. The van der Waals surface area contributed by atoms with Gasteiger partial charge in [0.15, 0.2) is 30.2 Å². The van der Waals surface area contributed by atoms with Gasteiger partial charge in [-0.25, -0.2) is 9.98 Å². The molecular formula is C42H75B3I2N7O24P3S3-3. The van der Waals surface area contributed by atoms with Gasteiger partial charge in [0, 0.05) is 68.8 Å². The summed E-state index contributed by atoms with van der Waals surface area (Å²) in [5, 5.41) is 82.5. The fourth-order valence-electron chi connectivity index (χ4n) is 10.9. The van der Waals surface area contributed by atoms with Crippen molar-refractivity contribution in [1.82, 2.24) is 5.32 Å². The van der Waals surface area contributed by atoms with Gasteiger partial charge in [-0.3, -0.25) is 0 Å². The Morgan fingerprint density at radius 3 is 1.75 bits per heavy atom. The zero-order chi connectivity index (χ0) is 63.1.